The van der Waals surface area contributed by atoms with Gasteiger partial charge in [-0.15, -0.1) is 5.10 Å². The Morgan fingerprint density at radius 2 is 2.29 bits per heavy atom. The summed E-state index contributed by atoms with van der Waals surface area (Å²) in [5.74, 6) is 0.816. The molecule has 0 unspecified atom stereocenters. The van der Waals surface area contributed by atoms with Crippen LogP contribution in [0.1, 0.15) is 26.0 Å². The second-order valence-electron chi connectivity index (χ2n) is 4.79. The SMILES string of the molecule is CC(C)CN(CCC(=N)N)Cc1cn(C)nn1. The average Bonchev–Trinajstić information content (AvgIpc) is 2.59. The molecule has 0 atom stereocenters. The van der Waals surface area contributed by atoms with Gasteiger partial charge in [0.15, 0.2) is 0 Å². The molecule has 17 heavy (non-hydrogen) atoms. The molecule has 0 amide bonds. The third-order valence-corrected chi connectivity index (χ3v) is 2.36. The standard InChI is InChI=1S/C11H22N6/c1-9(2)6-17(5-4-11(12)13)8-10-7-16(3)15-14-10/h7,9H,4-6,8H2,1-3H3,(H3,12,13). The van der Waals surface area contributed by atoms with E-state index < -0.39 is 0 Å². The van der Waals surface area contributed by atoms with Gasteiger partial charge in [-0.05, 0) is 5.92 Å². The number of hydrogen-bond acceptors (Lipinski definition) is 4. The molecule has 1 rings (SSSR count). The topological polar surface area (TPSA) is 83.8 Å². The van der Waals surface area contributed by atoms with Crippen LogP contribution in [-0.4, -0.2) is 38.8 Å². The largest absolute Gasteiger partial charge is 0.388 e. The van der Waals surface area contributed by atoms with Crippen LogP contribution in [-0.2, 0) is 13.6 Å². The molecule has 0 radical (unpaired) electrons. The van der Waals surface area contributed by atoms with Crippen LogP contribution in [0, 0.1) is 11.3 Å². The highest BCUT2D eigenvalue weighted by Crippen LogP contribution is 2.05. The van der Waals surface area contributed by atoms with E-state index in [1.807, 2.05) is 13.2 Å². The normalized spacial score (nSPS) is 11.4. The van der Waals surface area contributed by atoms with E-state index in [1.54, 1.807) is 4.68 Å². The van der Waals surface area contributed by atoms with Gasteiger partial charge >= 0.3 is 0 Å². The smallest absolute Gasteiger partial charge is 0.0967 e. The highest BCUT2D eigenvalue weighted by Gasteiger charge is 2.10. The molecule has 0 aliphatic rings. The summed E-state index contributed by atoms with van der Waals surface area (Å²) in [7, 11) is 1.86. The Labute approximate surface area is 102 Å². The maximum absolute atomic E-state index is 7.27. The fraction of sp³-hybridized carbons (Fsp3) is 0.727. The van der Waals surface area contributed by atoms with E-state index in [0.717, 1.165) is 25.3 Å². The van der Waals surface area contributed by atoms with Crippen molar-refractivity contribution in [3.05, 3.63) is 11.9 Å². The van der Waals surface area contributed by atoms with Crippen LogP contribution in [0.15, 0.2) is 6.20 Å². The fourth-order valence-corrected chi connectivity index (χ4v) is 1.73. The first kappa shape index (κ1) is 13.6. The maximum atomic E-state index is 7.27. The molecule has 0 spiro atoms. The van der Waals surface area contributed by atoms with E-state index in [2.05, 4.69) is 29.1 Å². The molecule has 3 N–H and O–H groups in total. The molecule has 0 aliphatic heterocycles. The highest BCUT2D eigenvalue weighted by atomic mass is 15.4. The van der Waals surface area contributed by atoms with Crippen molar-refractivity contribution in [2.24, 2.45) is 18.7 Å². The Hall–Kier alpha value is -1.43. The van der Waals surface area contributed by atoms with Crippen LogP contribution in [0.5, 0.6) is 0 Å². The monoisotopic (exact) mass is 238 g/mol. The Kier molecular flexibility index (Phi) is 5.09. The summed E-state index contributed by atoms with van der Waals surface area (Å²) >= 11 is 0. The van der Waals surface area contributed by atoms with Crippen molar-refractivity contribution in [2.45, 2.75) is 26.8 Å². The van der Waals surface area contributed by atoms with Crippen molar-refractivity contribution in [3.8, 4) is 0 Å². The molecule has 0 saturated carbocycles. The van der Waals surface area contributed by atoms with Gasteiger partial charge in [0.05, 0.1) is 11.5 Å². The molecule has 0 bridgehead atoms. The van der Waals surface area contributed by atoms with Crippen LogP contribution in [0.2, 0.25) is 0 Å². The number of nitrogens with two attached hydrogens (primary N) is 1. The molecule has 6 nitrogen and oxygen atoms in total. The third kappa shape index (κ3) is 5.44. The van der Waals surface area contributed by atoms with Crippen molar-refractivity contribution < 1.29 is 0 Å². The Balaban J connectivity index is 2.53. The van der Waals surface area contributed by atoms with Crippen LogP contribution < -0.4 is 5.73 Å². The van der Waals surface area contributed by atoms with Gasteiger partial charge in [-0.2, -0.15) is 0 Å². The number of nitrogens with zero attached hydrogens (tertiary/aromatic N) is 4. The molecule has 0 fully saturated rings. The number of nitrogens with one attached hydrogen (secondary N) is 1. The lowest BCUT2D eigenvalue weighted by Crippen LogP contribution is -2.31. The van der Waals surface area contributed by atoms with Crippen molar-refractivity contribution in [3.63, 3.8) is 0 Å². The van der Waals surface area contributed by atoms with Crippen LogP contribution >= 0.6 is 0 Å². The van der Waals surface area contributed by atoms with Crippen molar-refractivity contribution in [1.29, 1.82) is 5.41 Å². The summed E-state index contributed by atoms with van der Waals surface area (Å²) in [5.41, 5.74) is 6.35. The minimum absolute atomic E-state index is 0.234. The molecule has 96 valence electrons. The van der Waals surface area contributed by atoms with E-state index in [-0.39, 0.29) is 5.84 Å². The number of hydrogen-bond donors (Lipinski definition) is 2. The summed E-state index contributed by atoms with van der Waals surface area (Å²) in [6.07, 6.45) is 2.52. The zero-order chi connectivity index (χ0) is 12.8. The molecule has 1 aromatic rings. The lowest BCUT2D eigenvalue weighted by Gasteiger charge is -2.22. The zero-order valence-corrected chi connectivity index (χ0v) is 10.8. The van der Waals surface area contributed by atoms with Crippen LogP contribution in [0.4, 0.5) is 0 Å². The lowest BCUT2D eigenvalue weighted by atomic mass is 10.2. The number of rotatable bonds is 7. The average molecular weight is 238 g/mol. The van der Waals surface area contributed by atoms with Crippen molar-refractivity contribution in [1.82, 2.24) is 19.9 Å². The Morgan fingerprint density at radius 1 is 1.59 bits per heavy atom. The van der Waals surface area contributed by atoms with Gasteiger partial charge in [0, 0.05) is 39.3 Å². The fourth-order valence-electron chi connectivity index (χ4n) is 1.73. The van der Waals surface area contributed by atoms with Gasteiger partial charge in [0.25, 0.3) is 0 Å². The quantitative estimate of drug-likeness (QED) is 0.538. The molecular weight excluding hydrogens is 216 g/mol. The van der Waals surface area contributed by atoms with Crippen LogP contribution in [0.3, 0.4) is 0 Å². The number of aryl methyl sites for hydroxylation is 1. The summed E-state index contributed by atoms with van der Waals surface area (Å²) < 4.78 is 1.70. The number of amidine groups is 1. The first-order valence-corrected chi connectivity index (χ1v) is 5.88. The second-order valence-corrected chi connectivity index (χ2v) is 4.79. The summed E-state index contributed by atoms with van der Waals surface area (Å²) in [5, 5.41) is 15.3. The van der Waals surface area contributed by atoms with E-state index in [1.165, 1.54) is 0 Å². The second kappa shape index (κ2) is 6.34. The van der Waals surface area contributed by atoms with E-state index >= 15 is 0 Å². The predicted molar refractivity (Wildman–Crippen MR) is 67.6 cm³/mol. The van der Waals surface area contributed by atoms with Gasteiger partial charge in [0.2, 0.25) is 0 Å². The molecule has 1 aromatic heterocycles. The van der Waals surface area contributed by atoms with Gasteiger partial charge in [0.1, 0.15) is 0 Å². The Bertz CT molecular complexity index is 357. The first-order valence-electron chi connectivity index (χ1n) is 5.88. The van der Waals surface area contributed by atoms with E-state index in [4.69, 9.17) is 11.1 Å². The molecule has 0 aromatic carbocycles. The van der Waals surface area contributed by atoms with Gasteiger partial charge in [-0.3, -0.25) is 15.0 Å². The third-order valence-electron chi connectivity index (χ3n) is 2.36. The first-order chi connectivity index (χ1) is 7.97. The number of aromatic nitrogens is 3. The molecule has 6 heteroatoms. The zero-order valence-electron chi connectivity index (χ0n) is 10.8. The molecular formula is C11H22N6. The van der Waals surface area contributed by atoms with Gasteiger partial charge in [-0.1, -0.05) is 19.1 Å². The van der Waals surface area contributed by atoms with Gasteiger partial charge < -0.3 is 5.73 Å². The maximum Gasteiger partial charge on any atom is 0.0967 e. The van der Waals surface area contributed by atoms with Gasteiger partial charge in [-0.25, -0.2) is 0 Å². The summed E-state index contributed by atoms with van der Waals surface area (Å²) in [4.78, 5) is 2.26. The Morgan fingerprint density at radius 3 is 2.76 bits per heavy atom. The molecule has 0 saturated heterocycles. The minimum atomic E-state index is 0.234. The predicted octanol–water partition coefficient (Wildman–Crippen LogP) is 0.599. The van der Waals surface area contributed by atoms with Crippen molar-refractivity contribution >= 4 is 5.84 Å². The van der Waals surface area contributed by atoms with E-state index in [9.17, 15) is 0 Å². The van der Waals surface area contributed by atoms with E-state index in [0.29, 0.717) is 12.3 Å². The highest BCUT2D eigenvalue weighted by molar-refractivity contribution is 5.76. The van der Waals surface area contributed by atoms with Crippen molar-refractivity contribution in [2.75, 3.05) is 13.1 Å². The molecule has 0 aliphatic carbocycles. The summed E-state index contributed by atoms with van der Waals surface area (Å²) in [6.45, 7) is 6.89. The van der Waals surface area contributed by atoms with Crippen LogP contribution in [0.25, 0.3) is 0 Å². The minimum Gasteiger partial charge on any atom is -0.388 e. The molecule has 1 heterocycles. The lowest BCUT2D eigenvalue weighted by molar-refractivity contribution is 0.239. The summed E-state index contributed by atoms with van der Waals surface area (Å²) in [6, 6.07) is 0.